The van der Waals surface area contributed by atoms with Crippen LogP contribution in [-0.4, -0.2) is 35.8 Å². The van der Waals surface area contributed by atoms with E-state index in [1.165, 1.54) is 6.20 Å². The van der Waals surface area contributed by atoms with Gasteiger partial charge in [-0.15, -0.1) is 0 Å². The highest BCUT2D eigenvalue weighted by molar-refractivity contribution is 5.86. The summed E-state index contributed by atoms with van der Waals surface area (Å²) >= 11 is 0. The predicted molar refractivity (Wildman–Crippen MR) is 85.8 cm³/mol. The van der Waals surface area contributed by atoms with E-state index in [1.807, 2.05) is 0 Å². The van der Waals surface area contributed by atoms with Gasteiger partial charge < -0.3 is 4.79 Å². The second-order valence-electron chi connectivity index (χ2n) is 6.52. The van der Waals surface area contributed by atoms with Crippen molar-refractivity contribution in [3.8, 4) is 0 Å². The van der Waals surface area contributed by atoms with Gasteiger partial charge in [-0.1, -0.05) is 19.1 Å². The summed E-state index contributed by atoms with van der Waals surface area (Å²) < 4.78 is 39.7. The van der Waals surface area contributed by atoms with Crippen molar-refractivity contribution in [1.82, 2.24) is 9.88 Å². The molecule has 0 spiro atoms. The Hall–Kier alpha value is -1.95. The van der Waals surface area contributed by atoms with E-state index in [9.17, 15) is 18.0 Å². The maximum atomic E-state index is 13.2. The van der Waals surface area contributed by atoms with Crippen molar-refractivity contribution in [3.05, 3.63) is 41.6 Å². The molecule has 1 saturated heterocycles. The standard InChI is InChI=1S/C18H19F3N2O/c1-12-9-13(11-23(10-12)7-8-24)14-4-5-16(18(19,20)21)17-15(14)3-2-6-22-17/h2-6,8,12-13H,7,9-11H2,1H3. The summed E-state index contributed by atoms with van der Waals surface area (Å²) in [7, 11) is 0. The molecule has 0 N–H and O–H groups in total. The van der Waals surface area contributed by atoms with E-state index in [0.29, 0.717) is 24.4 Å². The molecular formula is C18H19F3N2O. The van der Waals surface area contributed by atoms with Gasteiger partial charge in [-0.25, -0.2) is 0 Å². The Morgan fingerprint density at radius 1 is 1.29 bits per heavy atom. The molecule has 0 aliphatic carbocycles. The molecule has 6 heteroatoms. The Kier molecular flexibility index (Phi) is 4.58. The smallest absolute Gasteiger partial charge is 0.302 e. The van der Waals surface area contributed by atoms with Crippen LogP contribution in [-0.2, 0) is 11.0 Å². The van der Waals surface area contributed by atoms with E-state index < -0.39 is 11.7 Å². The zero-order valence-corrected chi connectivity index (χ0v) is 13.4. The Balaban J connectivity index is 2.05. The predicted octanol–water partition coefficient (Wildman–Crippen LogP) is 3.88. The van der Waals surface area contributed by atoms with Crippen LogP contribution in [0.3, 0.4) is 0 Å². The quantitative estimate of drug-likeness (QED) is 0.798. The van der Waals surface area contributed by atoms with Gasteiger partial charge in [0.25, 0.3) is 0 Å². The maximum absolute atomic E-state index is 13.2. The lowest BCUT2D eigenvalue weighted by Crippen LogP contribution is -2.39. The first-order valence-corrected chi connectivity index (χ1v) is 8.01. The van der Waals surface area contributed by atoms with Gasteiger partial charge in [0.15, 0.2) is 0 Å². The zero-order valence-electron chi connectivity index (χ0n) is 13.4. The molecule has 1 fully saturated rings. The fourth-order valence-electron chi connectivity index (χ4n) is 3.72. The molecule has 0 radical (unpaired) electrons. The van der Waals surface area contributed by atoms with Crippen LogP contribution in [0, 0.1) is 5.92 Å². The Labute approximate surface area is 138 Å². The van der Waals surface area contributed by atoms with Crippen LogP contribution in [0.4, 0.5) is 13.2 Å². The minimum atomic E-state index is -4.42. The lowest BCUT2D eigenvalue weighted by Gasteiger charge is -2.36. The number of aldehydes is 1. The first kappa shape index (κ1) is 16.9. The molecule has 2 heterocycles. The molecule has 1 aromatic heterocycles. The number of hydrogen-bond donors (Lipinski definition) is 0. The number of likely N-dealkylation sites (tertiary alicyclic amines) is 1. The fourth-order valence-corrected chi connectivity index (χ4v) is 3.72. The Bertz CT molecular complexity index is 745. The minimum Gasteiger partial charge on any atom is -0.302 e. The van der Waals surface area contributed by atoms with Crippen molar-refractivity contribution < 1.29 is 18.0 Å². The highest BCUT2D eigenvalue weighted by atomic mass is 19.4. The van der Waals surface area contributed by atoms with Crippen LogP contribution in [0.15, 0.2) is 30.5 Å². The average molecular weight is 336 g/mol. The summed E-state index contributed by atoms with van der Waals surface area (Å²) in [5, 5.41) is 0.553. The summed E-state index contributed by atoms with van der Waals surface area (Å²) in [5.74, 6) is 0.486. The summed E-state index contributed by atoms with van der Waals surface area (Å²) in [6, 6.07) is 6.08. The topological polar surface area (TPSA) is 33.2 Å². The Morgan fingerprint density at radius 3 is 2.79 bits per heavy atom. The molecule has 2 unspecified atom stereocenters. The molecule has 2 aromatic rings. The number of halogens is 3. The fraction of sp³-hybridized carbons (Fsp3) is 0.444. The number of hydrogen-bond acceptors (Lipinski definition) is 3. The lowest BCUT2D eigenvalue weighted by atomic mass is 9.83. The first-order valence-electron chi connectivity index (χ1n) is 8.01. The number of carbonyl (C=O) groups is 1. The van der Waals surface area contributed by atoms with Gasteiger partial charge >= 0.3 is 6.18 Å². The lowest BCUT2D eigenvalue weighted by molar-refractivity contribution is -0.136. The molecule has 0 bridgehead atoms. The summed E-state index contributed by atoms with van der Waals surface area (Å²) in [6.45, 7) is 3.98. The number of piperidine rings is 1. The van der Waals surface area contributed by atoms with E-state index in [4.69, 9.17) is 0 Å². The Morgan fingerprint density at radius 2 is 2.08 bits per heavy atom. The van der Waals surface area contributed by atoms with E-state index in [2.05, 4.69) is 16.8 Å². The SMILES string of the molecule is CC1CC(c2ccc(C(F)(F)F)c3ncccc23)CN(CC=O)C1. The van der Waals surface area contributed by atoms with E-state index in [1.54, 1.807) is 18.2 Å². The molecule has 128 valence electrons. The summed E-state index contributed by atoms with van der Waals surface area (Å²) in [6.07, 6.45) is -1.26. The number of rotatable bonds is 3. The van der Waals surface area contributed by atoms with Crippen molar-refractivity contribution in [3.63, 3.8) is 0 Å². The summed E-state index contributed by atoms with van der Waals surface area (Å²) in [5.41, 5.74) is 0.187. The van der Waals surface area contributed by atoms with Crippen LogP contribution in [0.1, 0.15) is 30.4 Å². The van der Waals surface area contributed by atoms with Crippen molar-refractivity contribution in [2.75, 3.05) is 19.6 Å². The molecular weight excluding hydrogens is 317 g/mol. The van der Waals surface area contributed by atoms with Gasteiger partial charge in [-0.2, -0.15) is 13.2 Å². The molecule has 1 aliphatic rings. The molecule has 1 aromatic carbocycles. The van der Waals surface area contributed by atoms with Crippen LogP contribution in [0.5, 0.6) is 0 Å². The van der Waals surface area contributed by atoms with Crippen LogP contribution < -0.4 is 0 Å². The van der Waals surface area contributed by atoms with Gasteiger partial charge in [0.2, 0.25) is 0 Å². The third-order valence-electron chi connectivity index (χ3n) is 4.62. The number of pyridine rings is 1. The molecule has 3 nitrogen and oxygen atoms in total. The van der Waals surface area contributed by atoms with Gasteiger partial charge in [0, 0.05) is 24.7 Å². The maximum Gasteiger partial charge on any atom is 0.418 e. The number of benzene rings is 1. The number of nitrogens with zero attached hydrogens (tertiary/aromatic N) is 2. The van der Waals surface area contributed by atoms with E-state index >= 15 is 0 Å². The van der Waals surface area contributed by atoms with Crippen LogP contribution in [0.2, 0.25) is 0 Å². The third kappa shape index (κ3) is 3.29. The molecule has 2 atom stereocenters. The molecule has 3 rings (SSSR count). The van der Waals surface area contributed by atoms with Crippen molar-refractivity contribution >= 4 is 17.2 Å². The highest BCUT2D eigenvalue weighted by Gasteiger charge is 2.35. The van der Waals surface area contributed by atoms with Gasteiger partial charge in [0.05, 0.1) is 17.6 Å². The van der Waals surface area contributed by atoms with Gasteiger partial charge in [0.1, 0.15) is 6.29 Å². The minimum absolute atomic E-state index is 0.00247. The zero-order chi connectivity index (χ0) is 17.3. The van der Waals surface area contributed by atoms with Crippen molar-refractivity contribution in [2.24, 2.45) is 5.92 Å². The van der Waals surface area contributed by atoms with Crippen molar-refractivity contribution in [1.29, 1.82) is 0 Å². The van der Waals surface area contributed by atoms with Crippen LogP contribution in [0.25, 0.3) is 10.9 Å². The first-order chi connectivity index (χ1) is 11.4. The molecule has 0 saturated carbocycles. The molecule has 24 heavy (non-hydrogen) atoms. The normalized spacial score (nSPS) is 22.7. The number of aromatic nitrogens is 1. The molecule has 0 amide bonds. The number of carbonyl (C=O) groups excluding carboxylic acids is 1. The molecule has 1 aliphatic heterocycles. The van der Waals surface area contributed by atoms with E-state index in [-0.39, 0.29) is 11.4 Å². The van der Waals surface area contributed by atoms with Gasteiger partial charge in [-0.05, 0) is 36.0 Å². The number of fused-ring (bicyclic) bond motifs is 1. The van der Waals surface area contributed by atoms with Gasteiger partial charge in [-0.3, -0.25) is 9.88 Å². The van der Waals surface area contributed by atoms with E-state index in [0.717, 1.165) is 30.9 Å². The number of alkyl halides is 3. The monoisotopic (exact) mass is 336 g/mol. The largest absolute Gasteiger partial charge is 0.418 e. The third-order valence-corrected chi connectivity index (χ3v) is 4.62. The second-order valence-corrected chi connectivity index (χ2v) is 6.52. The highest BCUT2D eigenvalue weighted by Crippen LogP contribution is 2.39. The second kappa shape index (κ2) is 6.51. The van der Waals surface area contributed by atoms with Crippen molar-refractivity contribution in [2.45, 2.75) is 25.4 Å². The average Bonchev–Trinajstić information content (AvgIpc) is 2.52. The summed E-state index contributed by atoms with van der Waals surface area (Å²) in [4.78, 5) is 16.9. The van der Waals surface area contributed by atoms with Crippen LogP contribution >= 0.6 is 0 Å².